The summed E-state index contributed by atoms with van der Waals surface area (Å²) in [5.74, 6) is 1.71. The van der Waals surface area contributed by atoms with E-state index in [-0.39, 0.29) is 11.4 Å². The SMILES string of the molecule is c1ccc2c(c1)OC13CC1(N3)O2. The highest BCUT2D eigenvalue weighted by Crippen LogP contribution is 2.67. The van der Waals surface area contributed by atoms with Gasteiger partial charge >= 0.3 is 0 Å². The molecule has 0 bridgehead atoms. The molecule has 2 atom stereocenters. The van der Waals surface area contributed by atoms with E-state index >= 15 is 0 Å². The molecule has 2 unspecified atom stereocenters. The molecule has 0 aromatic heterocycles. The van der Waals surface area contributed by atoms with Crippen LogP contribution in [0.2, 0.25) is 0 Å². The van der Waals surface area contributed by atoms with E-state index < -0.39 is 0 Å². The number of rotatable bonds is 0. The quantitative estimate of drug-likeness (QED) is 0.573. The Hall–Kier alpha value is -1.22. The van der Waals surface area contributed by atoms with Crippen molar-refractivity contribution in [3.8, 4) is 11.5 Å². The third-order valence-corrected chi connectivity index (χ3v) is 2.78. The maximum atomic E-state index is 5.72. The number of fused-ring (bicyclic) bond motifs is 1. The van der Waals surface area contributed by atoms with Crippen molar-refractivity contribution in [1.82, 2.24) is 5.32 Å². The van der Waals surface area contributed by atoms with Crippen molar-refractivity contribution >= 4 is 0 Å². The topological polar surface area (TPSA) is 40.4 Å². The zero-order chi connectivity index (χ0) is 7.81. The monoisotopic (exact) mass is 161 g/mol. The lowest BCUT2D eigenvalue weighted by Crippen LogP contribution is -2.16. The highest BCUT2D eigenvalue weighted by atomic mass is 16.7. The van der Waals surface area contributed by atoms with Gasteiger partial charge < -0.3 is 9.47 Å². The van der Waals surface area contributed by atoms with E-state index in [1.807, 2.05) is 24.3 Å². The third-order valence-electron chi connectivity index (χ3n) is 2.78. The fourth-order valence-corrected chi connectivity index (χ4v) is 1.87. The van der Waals surface area contributed by atoms with Gasteiger partial charge in [0.05, 0.1) is 6.42 Å². The van der Waals surface area contributed by atoms with Gasteiger partial charge in [0.15, 0.2) is 11.5 Å². The first kappa shape index (κ1) is 5.43. The number of benzene rings is 1. The second kappa shape index (κ2) is 1.23. The largest absolute Gasteiger partial charge is 0.463 e. The molecular weight excluding hydrogens is 154 g/mol. The highest BCUT2D eigenvalue weighted by molar-refractivity contribution is 5.51. The molecule has 1 N–H and O–H groups in total. The molecule has 2 fully saturated rings. The Bertz CT molecular complexity index is 347. The minimum atomic E-state index is -0.138. The third kappa shape index (κ3) is 0.393. The number of nitrogens with one attached hydrogen (secondary N) is 1. The van der Waals surface area contributed by atoms with E-state index in [0.29, 0.717) is 0 Å². The Morgan fingerprint density at radius 3 is 2.08 bits per heavy atom. The van der Waals surface area contributed by atoms with E-state index in [0.717, 1.165) is 17.9 Å². The Morgan fingerprint density at radius 2 is 1.58 bits per heavy atom. The molecule has 3 aliphatic rings. The van der Waals surface area contributed by atoms with Gasteiger partial charge in [0.1, 0.15) is 0 Å². The average Bonchev–Trinajstić information content (AvgIpc) is 2.83. The Morgan fingerprint density at radius 1 is 1.08 bits per heavy atom. The van der Waals surface area contributed by atoms with Crippen LogP contribution in [0.5, 0.6) is 11.5 Å². The molecule has 0 radical (unpaired) electrons. The van der Waals surface area contributed by atoms with Crippen LogP contribution in [-0.2, 0) is 0 Å². The summed E-state index contributed by atoms with van der Waals surface area (Å²) in [4.78, 5) is 0. The van der Waals surface area contributed by atoms with E-state index in [9.17, 15) is 0 Å². The average molecular weight is 161 g/mol. The van der Waals surface area contributed by atoms with Gasteiger partial charge in [-0.2, -0.15) is 0 Å². The molecule has 4 rings (SSSR count). The minimum Gasteiger partial charge on any atom is -0.463 e. The van der Waals surface area contributed by atoms with Crippen LogP contribution in [0.4, 0.5) is 0 Å². The van der Waals surface area contributed by atoms with Crippen LogP contribution in [0.25, 0.3) is 0 Å². The van der Waals surface area contributed by atoms with Gasteiger partial charge in [0.25, 0.3) is 0 Å². The van der Waals surface area contributed by atoms with Crippen molar-refractivity contribution in [2.45, 2.75) is 17.9 Å². The van der Waals surface area contributed by atoms with E-state index in [1.165, 1.54) is 0 Å². The van der Waals surface area contributed by atoms with Gasteiger partial charge in [0.2, 0.25) is 11.4 Å². The molecule has 0 amide bonds. The smallest absolute Gasteiger partial charge is 0.223 e. The van der Waals surface area contributed by atoms with E-state index in [4.69, 9.17) is 9.47 Å². The molecule has 0 spiro atoms. The molecule has 1 saturated carbocycles. The summed E-state index contributed by atoms with van der Waals surface area (Å²) in [5.41, 5.74) is -0.275. The Kier molecular flexibility index (Phi) is 0.556. The fourth-order valence-electron chi connectivity index (χ4n) is 1.87. The van der Waals surface area contributed by atoms with Gasteiger partial charge in [-0.25, -0.2) is 5.32 Å². The second-order valence-electron chi connectivity index (χ2n) is 3.61. The zero-order valence-electron chi connectivity index (χ0n) is 6.33. The first-order valence-corrected chi connectivity index (χ1v) is 4.10. The number of para-hydroxylation sites is 2. The summed E-state index contributed by atoms with van der Waals surface area (Å²) in [7, 11) is 0. The maximum Gasteiger partial charge on any atom is 0.223 e. The van der Waals surface area contributed by atoms with Crippen molar-refractivity contribution in [2.75, 3.05) is 0 Å². The van der Waals surface area contributed by atoms with Crippen molar-refractivity contribution < 1.29 is 9.47 Å². The summed E-state index contributed by atoms with van der Waals surface area (Å²) in [6, 6.07) is 7.78. The second-order valence-corrected chi connectivity index (χ2v) is 3.61. The minimum absolute atomic E-state index is 0.138. The number of hydrogen-bond acceptors (Lipinski definition) is 3. The summed E-state index contributed by atoms with van der Waals surface area (Å²) >= 11 is 0. The molecule has 1 aliphatic carbocycles. The van der Waals surface area contributed by atoms with Gasteiger partial charge in [-0.3, -0.25) is 0 Å². The van der Waals surface area contributed by atoms with Crippen LogP contribution >= 0.6 is 0 Å². The van der Waals surface area contributed by atoms with Gasteiger partial charge in [-0.05, 0) is 12.1 Å². The van der Waals surface area contributed by atoms with Gasteiger partial charge in [-0.1, -0.05) is 12.1 Å². The van der Waals surface area contributed by atoms with Gasteiger partial charge in [0, 0.05) is 0 Å². The van der Waals surface area contributed by atoms with Crippen LogP contribution in [0.1, 0.15) is 6.42 Å². The van der Waals surface area contributed by atoms with E-state index in [1.54, 1.807) is 0 Å². The van der Waals surface area contributed by atoms with Crippen LogP contribution < -0.4 is 14.8 Å². The van der Waals surface area contributed by atoms with Gasteiger partial charge in [-0.15, -0.1) is 0 Å². The van der Waals surface area contributed by atoms with E-state index in [2.05, 4.69) is 5.32 Å². The Balaban J connectivity index is 1.91. The normalized spacial score (nSPS) is 44.3. The molecule has 3 nitrogen and oxygen atoms in total. The molecule has 2 heterocycles. The predicted molar refractivity (Wildman–Crippen MR) is 40.9 cm³/mol. The molecule has 12 heavy (non-hydrogen) atoms. The standard InChI is InChI=1S/C9H7NO2/c1-2-4-7-6(3-1)11-8-5-9(8,10-8)12-7/h1-4,10H,5H2. The lowest BCUT2D eigenvalue weighted by atomic mass is 10.3. The molecule has 60 valence electrons. The van der Waals surface area contributed by atoms with Crippen LogP contribution in [0.3, 0.4) is 0 Å². The maximum absolute atomic E-state index is 5.72. The summed E-state index contributed by atoms with van der Waals surface area (Å²) in [6.45, 7) is 0. The van der Waals surface area contributed by atoms with Crippen molar-refractivity contribution in [2.24, 2.45) is 0 Å². The summed E-state index contributed by atoms with van der Waals surface area (Å²) in [6.07, 6.45) is 0.981. The molecule has 2 aliphatic heterocycles. The van der Waals surface area contributed by atoms with Crippen LogP contribution in [0.15, 0.2) is 24.3 Å². The molecule has 1 aromatic rings. The van der Waals surface area contributed by atoms with Crippen LogP contribution in [0, 0.1) is 0 Å². The summed E-state index contributed by atoms with van der Waals surface area (Å²) < 4.78 is 11.4. The lowest BCUT2D eigenvalue weighted by molar-refractivity contribution is 0.166. The zero-order valence-corrected chi connectivity index (χ0v) is 6.33. The molecular formula is C9H7NO2. The first-order chi connectivity index (χ1) is 5.84. The van der Waals surface area contributed by atoms with Crippen molar-refractivity contribution in [3.05, 3.63) is 24.3 Å². The number of hydrogen-bond donors (Lipinski definition) is 1. The summed E-state index contributed by atoms with van der Waals surface area (Å²) in [5, 5.41) is 3.19. The number of ether oxygens (including phenoxy) is 2. The molecule has 3 heteroatoms. The fraction of sp³-hybridized carbons (Fsp3) is 0.333. The molecule has 1 saturated heterocycles. The van der Waals surface area contributed by atoms with Crippen molar-refractivity contribution in [1.29, 1.82) is 0 Å². The first-order valence-electron chi connectivity index (χ1n) is 4.10. The highest BCUT2D eigenvalue weighted by Gasteiger charge is 2.92. The predicted octanol–water partition coefficient (Wildman–Crippen LogP) is 0.857. The van der Waals surface area contributed by atoms with Crippen molar-refractivity contribution in [3.63, 3.8) is 0 Å². The Labute approximate surface area is 69.3 Å². The lowest BCUT2D eigenvalue weighted by Gasteiger charge is -2.14. The van der Waals surface area contributed by atoms with Crippen LogP contribution in [-0.4, -0.2) is 11.4 Å². The molecule has 1 aromatic carbocycles.